The van der Waals surface area contributed by atoms with Crippen LogP contribution in [0.15, 0.2) is 18.5 Å². The molecule has 1 saturated heterocycles. The van der Waals surface area contributed by atoms with Crippen molar-refractivity contribution in [2.45, 2.75) is 52.2 Å². The standard InChI is InChI=1S/C18H26N6O/c1-13-6-9-24(22-13)10-7-17(25)20-12-15-11-19-14(2)21-18(15)16-5-4-8-23(16)3/h6,9,11,16H,4-5,7-8,10,12H2,1-3H3,(H,20,25)/t16-/m1/s1. The summed E-state index contributed by atoms with van der Waals surface area (Å²) in [6.07, 6.45) is 6.43. The number of nitrogens with one attached hydrogen (secondary N) is 1. The summed E-state index contributed by atoms with van der Waals surface area (Å²) in [6, 6.07) is 2.26. The minimum Gasteiger partial charge on any atom is -0.352 e. The van der Waals surface area contributed by atoms with Gasteiger partial charge in [-0.05, 0) is 46.3 Å². The first-order valence-corrected chi connectivity index (χ1v) is 8.82. The van der Waals surface area contributed by atoms with Crippen molar-refractivity contribution in [3.8, 4) is 0 Å². The fourth-order valence-electron chi connectivity index (χ4n) is 3.28. The van der Waals surface area contributed by atoms with Crippen LogP contribution in [0.2, 0.25) is 0 Å². The van der Waals surface area contributed by atoms with Crippen molar-refractivity contribution in [3.63, 3.8) is 0 Å². The van der Waals surface area contributed by atoms with E-state index in [-0.39, 0.29) is 5.91 Å². The van der Waals surface area contributed by atoms with Crippen molar-refractivity contribution in [2.24, 2.45) is 0 Å². The van der Waals surface area contributed by atoms with E-state index in [9.17, 15) is 4.79 Å². The highest BCUT2D eigenvalue weighted by atomic mass is 16.1. The monoisotopic (exact) mass is 342 g/mol. The number of carbonyl (C=O) groups excluding carboxylic acids is 1. The van der Waals surface area contributed by atoms with Crippen LogP contribution in [0.3, 0.4) is 0 Å². The van der Waals surface area contributed by atoms with Crippen LogP contribution in [0.4, 0.5) is 0 Å². The molecule has 1 atom stereocenters. The molecule has 3 rings (SSSR count). The third-order valence-corrected chi connectivity index (χ3v) is 4.67. The Bertz CT molecular complexity index is 741. The third kappa shape index (κ3) is 4.42. The van der Waals surface area contributed by atoms with E-state index in [1.807, 2.05) is 32.3 Å². The molecule has 1 N–H and O–H groups in total. The van der Waals surface area contributed by atoms with E-state index >= 15 is 0 Å². The van der Waals surface area contributed by atoms with Crippen molar-refractivity contribution in [2.75, 3.05) is 13.6 Å². The Morgan fingerprint density at radius 2 is 2.24 bits per heavy atom. The lowest BCUT2D eigenvalue weighted by molar-refractivity contribution is -0.121. The van der Waals surface area contributed by atoms with Crippen LogP contribution in [0, 0.1) is 13.8 Å². The average molecular weight is 342 g/mol. The highest BCUT2D eigenvalue weighted by Gasteiger charge is 2.26. The second-order valence-electron chi connectivity index (χ2n) is 6.71. The molecule has 0 saturated carbocycles. The van der Waals surface area contributed by atoms with Gasteiger partial charge in [-0.15, -0.1) is 0 Å². The van der Waals surface area contributed by atoms with Crippen LogP contribution in [0.5, 0.6) is 0 Å². The number of hydrogen-bond donors (Lipinski definition) is 1. The van der Waals surface area contributed by atoms with Gasteiger partial charge in [-0.1, -0.05) is 0 Å². The zero-order valence-corrected chi connectivity index (χ0v) is 15.2. The predicted molar refractivity (Wildman–Crippen MR) is 94.8 cm³/mol. The second-order valence-corrected chi connectivity index (χ2v) is 6.71. The molecule has 0 aliphatic carbocycles. The molecule has 2 aromatic heterocycles. The molecule has 1 aliphatic heterocycles. The zero-order chi connectivity index (χ0) is 17.8. The molecule has 7 nitrogen and oxygen atoms in total. The average Bonchev–Trinajstić information content (AvgIpc) is 3.20. The number of aryl methyl sites for hydroxylation is 3. The van der Waals surface area contributed by atoms with Gasteiger partial charge < -0.3 is 5.32 Å². The van der Waals surface area contributed by atoms with Gasteiger partial charge in [0, 0.05) is 37.5 Å². The largest absolute Gasteiger partial charge is 0.352 e. The highest BCUT2D eigenvalue weighted by molar-refractivity contribution is 5.75. The van der Waals surface area contributed by atoms with Gasteiger partial charge in [0.15, 0.2) is 0 Å². The Balaban J connectivity index is 1.59. The van der Waals surface area contributed by atoms with Crippen molar-refractivity contribution in [3.05, 3.63) is 41.2 Å². The predicted octanol–water partition coefficient (Wildman–Crippen LogP) is 1.76. The quantitative estimate of drug-likeness (QED) is 0.866. The van der Waals surface area contributed by atoms with E-state index in [1.54, 1.807) is 4.68 Å². The summed E-state index contributed by atoms with van der Waals surface area (Å²) in [5.41, 5.74) is 3.02. The molecule has 3 heterocycles. The molecule has 0 aromatic carbocycles. The SMILES string of the molecule is Cc1ccn(CCC(=O)NCc2cnc(C)nc2[C@H]2CCCN2C)n1. The van der Waals surface area contributed by atoms with Gasteiger partial charge in [0.1, 0.15) is 5.82 Å². The van der Waals surface area contributed by atoms with Crippen LogP contribution >= 0.6 is 0 Å². The smallest absolute Gasteiger partial charge is 0.222 e. The van der Waals surface area contributed by atoms with Gasteiger partial charge in [-0.25, -0.2) is 9.97 Å². The summed E-state index contributed by atoms with van der Waals surface area (Å²) in [7, 11) is 2.13. The first kappa shape index (κ1) is 17.5. The van der Waals surface area contributed by atoms with E-state index < -0.39 is 0 Å². The summed E-state index contributed by atoms with van der Waals surface area (Å²) < 4.78 is 1.79. The first-order chi connectivity index (χ1) is 12.0. The zero-order valence-electron chi connectivity index (χ0n) is 15.2. The second kappa shape index (κ2) is 7.74. The number of rotatable bonds is 6. The molecular weight excluding hydrogens is 316 g/mol. The van der Waals surface area contributed by atoms with Crippen molar-refractivity contribution in [1.82, 2.24) is 30.0 Å². The normalized spacial score (nSPS) is 17.8. The lowest BCUT2D eigenvalue weighted by Crippen LogP contribution is -2.27. The lowest BCUT2D eigenvalue weighted by Gasteiger charge is -2.21. The van der Waals surface area contributed by atoms with Gasteiger partial charge >= 0.3 is 0 Å². The summed E-state index contributed by atoms with van der Waals surface area (Å²) in [5.74, 6) is 0.791. The molecule has 1 fully saturated rings. The number of likely N-dealkylation sites (tertiary alicyclic amines) is 1. The fourth-order valence-corrected chi connectivity index (χ4v) is 3.28. The van der Waals surface area contributed by atoms with Gasteiger partial charge in [-0.3, -0.25) is 14.4 Å². The molecule has 0 spiro atoms. The Labute approximate surface area is 148 Å². The van der Waals surface area contributed by atoms with Crippen molar-refractivity contribution in [1.29, 1.82) is 0 Å². The van der Waals surface area contributed by atoms with Crippen LogP contribution in [-0.2, 0) is 17.9 Å². The Morgan fingerprint density at radius 3 is 2.92 bits per heavy atom. The molecule has 0 unspecified atom stereocenters. The number of hydrogen-bond acceptors (Lipinski definition) is 5. The lowest BCUT2D eigenvalue weighted by atomic mass is 10.1. The van der Waals surface area contributed by atoms with Gasteiger partial charge in [0.05, 0.1) is 17.4 Å². The fraction of sp³-hybridized carbons (Fsp3) is 0.556. The number of carbonyl (C=O) groups is 1. The molecule has 25 heavy (non-hydrogen) atoms. The van der Waals surface area contributed by atoms with Gasteiger partial charge in [-0.2, -0.15) is 5.10 Å². The molecule has 2 aromatic rings. The molecule has 0 radical (unpaired) electrons. The van der Waals surface area contributed by atoms with Crippen molar-refractivity contribution < 1.29 is 4.79 Å². The maximum atomic E-state index is 12.2. The van der Waals surface area contributed by atoms with Gasteiger partial charge in [0.2, 0.25) is 5.91 Å². The van der Waals surface area contributed by atoms with E-state index in [4.69, 9.17) is 0 Å². The first-order valence-electron chi connectivity index (χ1n) is 8.82. The number of nitrogens with zero attached hydrogens (tertiary/aromatic N) is 5. The third-order valence-electron chi connectivity index (χ3n) is 4.67. The maximum absolute atomic E-state index is 12.2. The van der Waals surface area contributed by atoms with Gasteiger partial charge in [0.25, 0.3) is 0 Å². The Kier molecular flexibility index (Phi) is 5.43. The van der Waals surface area contributed by atoms with E-state index in [0.717, 1.165) is 35.7 Å². The number of amides is 1. The number of aromatic nitrogens is 4. The molecule has 1 aliphatic rings. The van der Waals surface area contributed by atoms with E-state index in [0.29, 0.717) is 25.6 Å². The minimum atomic E-state index is 0.0134. The Morgan fingerprint density at radius 1 is 1.40 bits per heavy atom. The molecule has 1 amide bonds. The minimum absolute atomic E-state index is 0.0134. The van der Waals surface area contributed by atoms with E-state index in [2.05, 4.69) is 32.3 Å². The summed E-state index contributed by atoms with van der Waals surface area (Å²) in [5, 5.41) is 7.29. The van der Waals surface area contributed by atoms with E-state index in [1.165, 1.54) is 6.42 Å². The maximum Gasteiger partial charge on any atom is 0.222 e. The summed E-state index contributed by atoms with van der Waals surface area (Å²) >= 11 is 0. The van der Waals surface area contributed by atoms with Crippen molar-refractivity contribution >= 4 is 5.91 Å². The topological polar surface area (TPSA) is 75.9 Å². The molecular formula is C18H26N6O. The highest BCUT2D eigenvalue weighted by Crippen LogP contribution is 2.30. The van der Waals surface area contributed by atoms with Crippen LogP contribution < -0.4 is 5.32 Å². The molecule has 7 heteroatoms. The summed E-state index contributed by atoms with van der Waals surface area (Å²) in [6.45, 7) is 5.99. The summed E-state index contributed by atoms with van der Waals surface area (Å²) in [4.78, 5) is 23.5. The molecule has 134 valence electrons. The van der Waals surface area contributed by atoms with Crippen LogP contribution in [-0.4, -0.2) is 44.1 Å². The Hall–Kier alpha value is -2.28. The van der Waals surface area contributed by atoms with Crippen LogP contribution in [0.25, 0.3) is 0 Å². The van der Waals surface area contributed by atoms with Crippen LogP contribution in [0.1, 0.15) is 48.1 Å². The molecule has 0 bridgehead atoms.